The summed E-state index contributed by atoms with van der Waals surface area (Å²) in [5, 5.41) is -0.549. The zero-order valence-electron chi connectivity index (χ0n) is 14.5. The molecule has 4 nitrogen and oxygen atoms in total. The van der Waals surface area contributed by atoms with E-state index in [2.05, 4.69) is 4.72 Å². The van der Waals surface area contributed by atoms with E-state index in [4.69, 9.17) is 11.6 Å². The van der Waals surface area contributed by atoms with Gasteiger partial charge < -0.3 is 4.90 Å². The van der Waals surface area contributed by atoms with Crippen molar-refractivity contribution in [3.63, 3.8) is 0 Å². The van der Waals surface area contributed by atoms with Gasteiger partial charge >= 0.3 is 6.18 Å². The molecule has 1 unspecified atom stereocenters. The van der Waals surface area contributed by atoms with Crippen LogP contribution in [-0.4, -0.2) is 34.0 Å². The van der Waals surface area contributed by atoms with Crippen molar-refractivity contribution in [2.75, 3.05) is 20.6 Å². The molecule has 0 aliphatic carbocycles. The first-order chi connectivity index (χ1) is 12.0. The van der Waals surface area contributed by atoms with E-state index >= 15 is 0 Å². The predicted octanol–water partition coefficient (Wildman–Crippen LogP) is 4.36. The van der Waals surface area contributed by atoms with E-state index in [-0.39, 0.29) is 25.0 Å². The lowest BCUT2D eigenvalue weighted by Crippen LogP contribution is -2.34. The molecule has 0 amide bonds. The summed E-state index contributed by atoms with van der Waals surface area (Å²) in [6.45, 7) is 0.00330. The van der Waals surface area contributed by atoms with Crippen LogP contribution in [0.2, 0.25) is 5.02 Å². The van der Waals surface area contributed by atoms with E-state index in [0.29, 0.717) is 6.07 Å². The highest BCUT2D eigenvalue weighted by molar-refractivity contribution is 7.89. The van der Waals surface area contributed by atoms with Gasteiger partial charge in [-0.2, -0.15) is 13.2 Å². The number of sulfonamides is 1. The predicted molar refractivity (Wildman–Crippen MR) is 102 cm³/mol. The molecule has 0 bridgehead atoms. The largest absolute Gasteiger partial charge is 0.417 e. The molecule has 0 radical (unpaired) electrons. The fourth-order valence-corrected chi connectivity index (χ4v) is 3.72. The van der Waals surface area contributed by atoms with Crippen molar-refractivity contribution < 1.29 is 21.6 Å². The first-order valence-electron chi connectivity index (χ1n) is 7.60. The number of likely N-dealkylation sites (N-methyl/N-ethyl adjacent to an activating group) is 1. The van der Waals surface area contributed by atoms with Gasteiger partial charge in [0.15, 0.2) is 0 Å². The third kappa shape index (κ3) is 6.08. The average Bonchev–Trinajstić information content (AvgIpc) is 2.54. The van der Waals surface area contributed by atoms with Gasteiger partial charge in [0.2, 0.25) is 10.0 Å². The third-order valence-corrected chi connectivity index (χ3v) is 5.58. The smallest absolute Gasteiger partial charge is 0.301 e. The van der Waals surface area contributed by atoms with Gasteiger partial charge in [-0.05, 0) is 37.9 Å². The Balaban J connectivity index is 0.00000364. The Morgan fingerprint density at radius 1 is 1.11 bits per heavy atom. The highest BCUT2D eigenvalue weighted by atomic mass is 35.5. The molecule has 10 heteroatoms. The van der Waals surface area contributed by atoms with Gasteiger partial charge in [-0.1, -0.05) is 41.9 Å². The molecule has 2 aromatic carbocycles. The third-order valence-electron chi connectivity index (χ3n) is 3.83. The van der Waals surface area contributed by atoms with E-state index in [1.54, 1.807) is 14.1 Å². The molecular formula is C17H19Cl2F3N2O2S. The van der Waals surface area contributed by atoms with Crippen LogP contribution in [0.5, 0.6) is 0 Å². The van der Waals surface area contributed by atoms with Crippen LogP contribution in [0.4, 0.5) is 13.2 Å². The van der Waals surface area contributed by atoms with Gasteiger partial charge in [0.05, 0.1) is 15.5 Å². The summed E-state index contributed by atoms with van der Waals surface area (Å²) in [5.41, 5.74) is -0.304. The number of alkyl halides is 3. The van der Waals surface area contributed by atoms with Crippen molar-refractivity contribution >= 4 is 34.0 Å². The van der Waals surface area contributed by atoms with Crippen LogP contribution in [0.1, 0.15) is 17.2 Å². The van der Waals surface area contributed by atoms with Crippen molar-refractivity contribution in [2.45, 2.75) is 17.1 Å². The number of rotatable bonds is 6. The fourth-order valence-electron chi connectivity index (χ4n) is 2.43. The average molecular weight is 443 g/mol. The minimum atomic E-state index is -4.74. The summed E-state index contributed by atoms with van der Waals surface area (Å²) in [7, 11) is -0.556. The molecule has 2 rings (SSSR count). The van der Waals surface area contributed by atoms with Crippen LogP contribution < -0.4 is 4.72 Å². The standard InChI is InChI=1S/C17H18ClF3N2O2S.ClH/c1-23(2)16(12-6-4-3-5-7-12)11-22-26(24,25)13-8-9-15(18)14(10-13)17(19,20)21;/h3-10,16,22H,11H2,1-2H3;1H. The first kappa shape index (κ1) is 23.7. The zero-order chi connectivity index (χ0) is 19.5. The maximum atomic E-state index is 13.0. The van der Waals surface area contributed by atoms with Crippen molar-refractivity contribution in [3.05, 3.63) is 64.7 Å². The molecule has 27 heavy (non-hydrogen) atoms. The van der Waals surface area contributed by atoms with Gasteiger partial charge in [0.1, 0.15) is 0 Å². The number of benzene rings is 2. The highest BCUT2D eigenvalue weighted by Crippen LogP contribution is 2.35. The molecule has 1 N–H and O–H groups in total. The Labute approximate surface area is 167 Å². The molecule has 0 saturated heterocycles. The number of nitrogens with one attached hydrogen (secondary N) is 1. The van der Waals surface area contributed by atoms with Crippen molar-refractivity contribution in [3.8, 4) is 0 Å². The number of halogens is 5. The molecule has 0 fully saturated rings. The second-order valence-electron chi connectivity index (χ2n) is 5.88. The Morgan fingerprint density at radius 2 is 1.70 bits per heavy atom. The highest BCUT2D eigenvalue weighted by Gasteiger charge is 2.34. The van der Waals surface area contributed by atoms with Gasteiger partial charge in [-0.25, -0.2) is 13.1 Å². The quantitative estimate of drug-likeness (QED) is 0.722. The van der Waals surface area contributed by atoms with Crippen LogP contribution in [-0.2, 0) is 16.2 Å². The SMILES string of the molecule is CN(C)C(CNS(=O)(=O)c1ccc(Cl)c(C(F)(F)F)c1)c1ccccc1.Cl. The van der Waals surface area contributed by atoms with E-state index in [0.717, 1.165) is 17.7 Å². The van der Waals surface area contributed by atoms with Gasteiger partial charge in [-0.3, -0.25) is 0 Å². The summed E-state index contributed by atoms with van der Waals surface area (Å²) in [6.07, 6.45) is -4.74. The van der Waals surface area contributed by atoms with Gasteiger partial charge in [-0.15, -0.1) is 12.4 Å². The van der Waals surface area contributed by atoms with Crippen molar-refractivity contribution in [1.82, 2.24) is 9.62 Å². The second kappa shape index (κ2) is 9.25. The molecular weight excluding hydrogens is 424 g/mol. The van der Waals surface area contributed by atoms with Crippen LogP contribution in [0.25, 0.3) is 0 Å². The minimum Gasteiger partial charge on any atom is -0.301 e. The molecule has 0 heterocycles. The van der Waals surface area contributed by atoms with Crippen molar-refractivity contribution in [1.29, 1.82) is 0 Å². The van der Waals surface area contributed by atoms with Crippen LogP contribution in [0.3, 0.4) is 0 Å². The van der Waals surface area contributed by atoms with Gasteiger partial charge in [0.25, 0.3) is 0 Å². The second-order valence-corrected chi connectivity index (χ2v) is 8.06. The molecule has 150 valence electrons. The minimum absolute atomic E-state index is 0. The normalized spacial score (nSPS) is 13.3. The molecule has 2 aromatic rings. The molecule has 1 atom stereocenters. The number of hydrogen-bond donors (Lipinski definition) is 1. The van der Waals surface area contributed by atoms with E-state index in [1.165, 1.54) is 0 Å². The molecule has 0 aliphatic rings. The first-order valence-corrected chi connectivity index (χ1v) is 9.46. The maximum absolute atomic E-state index is 13.0. The Kier molecular flexibility index (Phi) is 8.13. The van der Waals surface area contributed by atoms with E-state index in [9.17, 15) is 21.6 Å². The van der Waals surface area contributed by atoms with E-state index in [1.807, 2.05) is 35.2 Å². The zero-order valence-corrected chi connectivity index (χ0v) is 16.9. The lowest BCUT2D eigenvalue weighted by Gasteiger charge is -2.25. The Bertz CT molecular complexity index is 860. The van der Waals surface area contributed by atoms with Crippen molar-refractivity contribution in [2.24, 2.45) is 0 Å². The summed E-state index contributed by atoms with van der Waals surface area (Å²) in [4.78, 5) is 1.33. The summed E-state index contributed by atoms with van der Waals surface area (Å²) in [6, 6.07) is 11.4. The maximum Gasteiger partial charge on any atom is 0.417 e. The lowest BCUT2D eigenvalue weighted by atomic mass is 10.1. The molecule has 0 aliphatic heterocycles. The monoisotopic (exact) mass is 442 g/mol. The molecule has 0 saturated carbocycles. The lowest BCUT2D eigenvalue weighted by molar-refractivity contribution is -0.137. The van der Waals surface area contributed by atoms with Crippen LogP contribution >= 0.6 is 24.0 Å². The summed E-state index contributed by atoms with van der Waals surface area (Å²) in [5.74, 6) is 0. The summed E-state index contributed by atoms with van der Waals surface area (Å²) < 4.78 is 66.1. The van der Waals surface area contributed by atoms with E-state index < -0.39 is 31.7 Å². The van der Waals surface area contributed by atoms with Gasteiger partial charge in [0, 0.05) is 12.6 Å². The summed E-state index contributed by atoms with van der Waals surface area (Å²) >= 11 is 5.54. The Hall–Kier alpha value is -1.32. The van der Waals surface area contributed by atoms with Crippen LogP contribution in [0.15, 0.2) is 53.4 Å². The number of hydrogen-bond acceptors (Lipinski definition) is 3. The Morgan fingerprint density at radius 3 is 2.22 bits per heavy atom. The fraction of sp³-hybridized carbons (Fsp3) is 0.294. The molecule has 0 spiro atoms. The topological polar surface area (TPSA) is 49.4 Å². The molecule has 0 aromatic heterocycles. The number of nitrogens with zero attached hydrogens (tertiary/aromatic N) is 1. The van der Waals surface area contributed by atoms with Crippen LogP contribution in [0, 0.1) is 0 Å².